The van der Waals surface area contributed by atoms with E-state index in [0.717, 1.165) is 32.1 Å². The molecule has 0 aromatic carbocycles. The van der Waals surface area contributed by atoms with Crippen LogP contribution in [0.25, 0.3) is 0 Å². The Morgan fingerprint density at radius 2 is 1.52 bits per heavy atom. The molecule has 1 saturated heterocycles. The number of hydrogen-bond donors (Lipinski definition) is 0. The molecule has 3 heteroatoms. The molecular weight excluding hydrogens is 288 g/mol. The van der Waals surface area contributed by atoms with Crippen molar-refractivity contribution in [1.29, 1.82) is 0 Å². The van der Waals surface area contributed by atoms with Crippen LogP contribution >= 0.6 is 0 Å². The first-order valence-electron chi connectivity index (χ1n) is 9.57. The van der Waals surface area contributed by atoms with Gasteiger partial charge in [0.15, 0.2) is 0 Å². The first-order valence-corrected chi connectivity index (χ1v) is 9.57. The monoisotopic (exact) mass is 322 g/mol. The molecular formula is C20H34O3. The molecule has 3 nitrogen and oxygen atoms in total. The van der Waals surface area contributed by atoms with Crippen LogP contribution in [-0.4, -0.2) is 11.9 Å². The van der Waals surface area contributed by atoms with Gasteiger partial charge in [-0.25, -0.2) is 0 Å². The summed E-state index contributed by atoms with van der Waals surface area (Å²) in [5.74, 6) is -0.717. The second kappa shape index (κ2) is 11.4. The number of ether oxygens (including phenoxy) is 1. The molecule has 1 aliphatic heterocycles. The fourth-order valence-corrected chi connectivity index (χ4v) is 3.17. The molecule has 1 atom stereocenters. The van der Waals surface area contributed by atoms with E-state index in [2.05, 4.69) is 19.9 Å². The molecule has 0 bridgehead atoms. The molecule has 0 amide bonds. The number of rotatable bonds is 13. The predicted molar refractivity (Wildman–Crippen MR) is 94.0 cm³/mol. The van der Waals surface area contributed by atoms with Crippen LogP contribution < -0.4 is 0 Å². The fourth-order valence-electron chi connectivity index (χ4n) is 3.17. The van der Waals surface area contributed by atoms with Gasteiger partial charge in [-0.1, -0.05) is 83.8 Å². The Kier molecular flexibility index (Phi) is 9.89. The van der Waals surface area contributed by atoms with Gasteiger partial charge >= 0.3 is 11.9 Å². The summed E-state index contributed by atoms with van der Waals surface area (Å²) in [5, 5.41) is 0. The van der Waals surface area contributed by atoms with Gasteiger partial charge in [0, 0.05) is 0 Å². The number of esters is 2. The number of allylic oxidation sites excluding steroid dienone is 1. The van der Waals surface area contributed by atoms with E-state index in [1.165, 1.54) is 44.9 Å². The van der Waals surface area contributed by atoms with E-state index >= 15 is 0 Å². The summed E-state index contributed by atoms with van der Waals surface area (Å²) < 4.78 is 4.79. The fraction of sp³-hybridized carbons (Fsp3) is 0.800. The zero-order valence-corrected chi connectivity index (χ0v) is 15.1. The van der Waals surface area contributed by atoms with Crippen LogP contribution in [0.15, 0.2) is 12.2 Å². The average molecular weight is 322 g/mol. The number of unbranched alkanes of at least 4 members (excludes halogenated alkanes) is 9. The van der Waals surface area contributed by atoms with E-state index < -0.39 is 5.41 Å². The lowest BCUT2D eigenvalue weighted by Crippen LogP contribution is -2.23. The summed E-state index contributed by atoms with van der Waals surface area (Å²) in [4.78, 5) is 23.4. The maximum absolute atomic E-state index is 12.0. The third-order valence-electron chi connectivity index (χ3n) is 4.71. The lowest BCUT2D eigenvalue weighted by atomic mass is 9.80. The van der Waals surface area contributed by atoms with Gasteiger partial charge in [-0.15, -0.1) is 0 Å². The summed E-state index contributed by atoms with van der Waals surface area (Å²) in [6.07, 6.45) is 18.4. The van der Waals surface area contributed by atoms with Crippen LogP contribution in [0.2, 0.25) is 0 Å². The maximum atomic E-state index is 12.0. The van der Waals surface area contributed by atoms with Crippen LogP contribution in [0.1, 0.15) is 97.3 Å². The van der Waals surface area contributed by atoms with Gasteiger partial charge < -0.3 is 4.74 Å². The molecule has 0 N–H and O–H groups in total. The normalized spacial score (nSPS) is 21.3. The number of cyclic esters (lactones) is 2. The van der Waals surface area contributed by atoms with Gasteiger partial charge in [-0.05, 0) is 19.3 Å². The Morgan fingerprint density at radius 1 is 0.913 bits per heavy atom. The molecule has 1 fully saturated rings. The van der Waals surface area contributed by atoms with E-state index in [-0.39, 0.29) is 18.4 Å². The Hall–Kier alpha value is -1.12. The predicted octanol–water partition coefficient (Wildman–Crippen LogP) is 5.72. The Balaban J connectivity index is 2.25. The lowest BCUT2D eigenvalue weighted by Gasteiger charge is -2.18. The van der Waals surface area contributed by atoms with Gasteiger partial charge in [0.1, 0.15) is 0 Å². The number of hydrogen-bond acceptors (Lipinski definition) is 3. The first-order chi connectivity index (χ1) is 11.1. The van der Waals surface area contributed by atoms with Crippen molar-refractivity contribution >= 4 is 11.9 Å². The summed E-state index contributed by atoms with van der Waals surface area (Å²) in [5.41, 5.74) is -0.673. The first kappa shape index (κ1) is 19.9. The minimum atomic E-state index is -0.673. The quantitative estimate of drug-likeness (QED) is 0.188. The largest absolute Gasteiger partial charge is 0.392 e. The van der Waals surface area contributed by atoms with Gasteiger partial charge in [-0.2, -0.15) is 0 Å². The summed E-state index contributed by atoms with van der Waals surface area (Å²) in [6.45, 7) is 4.34. The molecule has 1 unspecified atom stereocenters. The van der Waals surface area contributed by atoms with E-state index in [9.17, 15) is 9.59 Å². The lowest BCUT2D eigenvalue weighted by molar-refractivity contribution is -0.154. The molecule has 0 spiro atoms. The van der Waals surface area contributed by atoms with Crippen molar-refractivity contribution in [2.24, 2.45) is 5.41 Å². The van der Waals surface area contributed by atoms with Gasteiger partial charge in [0.25, 0.3) is 0 Å². The second-order valence-electron chi connectivity index (χ2n) is 6.86. The zero-order chi connectivity index (χ0) is 17.0. The van der Waals surface area contributed by atoms with Crippen molar-refractivity contribution < 1.29 is 14.3 Å². The summed E-state index contributed by atoms with van der Waals surface area (Å²) in [7, 11) is 0. The second-order valence-corrected chi connectivity index (χ2v) is 6.86. The molecule has 1 heterocycles. The van der Waals surface area contributed by atoms with Crippen LogP contribution in [0.3, 0.4) is 0 Å². The highest BCUT2D eigenvalue weighted by Crippen LogP contribution is 2.38. The minimum Gasteiger partial charge on any atom is -0.392 e. The van der Waals surface area contributed by atoms with Crippen LogP contribution in [-0.2, 0) is 14.3 Å². The molecule has 0 saturated carbocycles. The van der Waals surface area contributed by atoms with Crippen molar-refractivity contribution in [3.63, 3.8) is 0 Å². The average Bonchev–Trinajstić information content (AvgIpc) is 2.81. The molecule has 1 aliphatic rings. The van der Waals surface area contributed by atoms with E-state index in [4.69, 9.17) is 4.74 Å². The molecule has 0 aromatic rings. The van der Waals surface area contributed by atoms with Crippen LogP contribution in [0.4, 0.5) is 0 Å². The third-order valence-corrected chi connectivity index (χ3v) is 4.71. The Morgan fingerprint density at radius 3 is 2.09 bits per heavy atom. The maximum Gasteiger partial charge on any atom is 0.324 e. The zero-order valence-electron chi connectivity index (χ0n) is 15.1. The van der Waals surface area contributed by atoms with Gasteiger partial charge in [0.2, 0.25) is 0 Å². The Labute approximate surface area is 141 Å². The van der Waals surface area contributed by atoms with Crippen LogP contribution in [0, 0.1) is 5.41 Å². The summed E-state index contributed by atoms with van der Waals surface area (Å²) >= 11 is 0. The summed E-state index contributed by atoms with van der Waals surface area (Å²) in [6, 6.07) is 0. The number of carbonyl (C=O) groups is 2. The highest BCUT2D eigenvalue weighted by molar-refractivity contribution is 5.98. The molecule has 0 aliphatic carbocycles. The Bertz CT molecular complexity index is 386. The highest BCUT2D eigenvalue weighted by Gasteiger charge is 2.46. The molecule has 1 rings (SSSR count). The van der Waals surface area contributed by atoms with Crippen molar-refractivity contribution in [3.05, 3.63) is 12.2 Å². The molecule has 132 valence electrons. The van der Waals surface area contributed by atoms with Crippen molar-refractivity contribution in [2.75, 3.05) is 0 Å². The van der Waals surface area contributed by atoms with Gasteiger partial charge in [-0.3, -0.25) is 9.59 Å². The van der Waals surface area contributed by atoms with Crippen LogP contribution in [0.5, 0.6) is 0 Å². The number of carbonyl (C=O) groups excluding carboxylic acids is 2. The van der Waals surface area contributed by atoms with E-state index in [0.29, 0.717) is 0 Å². The standard InChI is InChI=1S/C20H34O3/c1-3-5-7-8-9-10-11-12-13-14-16-20(15-6-4-2)17-18(21)23-19(20)22/h14,16H,3-13,15,17H2,1-2H3. The molecule has 0 radical (unpaired) electrons. The van der Waals surface area contributed by atoms with Crippen molar-refractivity contribution in [1.82, 2.24) is 0 Å². The van der Waals surface area contributed by atoms with E-state index in [1.807, 2.05) is 6.08 Å². The SMILES string of the molecule is CCCCCCCCCCC=CC1(CCCC)CC(=O)OC1=O. The van der Waals surface area contributed by atoms with E-state index in [1.54, 1.807) is 0 Å². The minimum absolute atomic E-state index is 0.222. The topological polar surface area (TPSA) is 43.4 Å². The smallest absolute Gasteiger partial charge is 0.324 e. The molecule has 23 heavy (non-hydrogen) atoms. The van der Waals surface area contributed by atoms with Crippen molar-refractivity contribution in [3.8, 4) is 0 Å². The van der Waals surface area contributed by atoms with Crippen molar-refractivity contribution in [2.45, 2.75) is 97.3 Å². The molecule has 0 aromatic heterocycles. The van der Waals surface area contributed by atoms with Gasteiger partial charge in [0.05, 0.1) is 11.8 Å². The highest BCUT2D eigenvalue weighted by atomic mass is 16.6. The third kappa shape index (κ3) is 7.32.